The normalized spacial score (nSPS) is 19.8. The maximum absolute atomic E-state index is 4.74. The lowest BCUT2D eigenvalue weighted by molar-refractivity contribution is 0.419. The van der Waals surface area contributed by atoms with Crippen molar-refractivity contribution in [1.29, 1.82) is 0 Å². The highest BCUT2D eigenvalue weighted by atomic mass is 127. The molecule has 0 spiro atoms. The van der Waals surface area contributed by atoms with Gasteiger partial charge in [0.15, 0.2) is 5.96 Å². The van der Waals surface area contributed by atoms with Crippen molar-refractivity contribution in [3.8, 4) is 0 Å². The van der Waals surface area contributed by atoms with Crippen molar-refractivity contribution in [3.63, 3.8) is 0 Å². The summed E-state index contributed by atoms with van der Waals surface area (Å²) in [6.07, 6.45) is 7.28. The first-order valence-electron chi connectivity index (χ1n) is 9.66. The molecule has 2 unspecified atom stereocenters. The predicted octanol–water partition coefficient (Wildman–Crippen LogP) is 4.26. The summed E-state index contributed by atoms with van der Waals surface area (Å²) in [7, 11) is 5.90. The third kappa shape index (κ3) is 5.89. The van der Waals surface area contributed by atoms with E-state index in [1.54, 1.807) is 0 Å². The van der Waals surface area contributed by atoms with Crippen molar-refractivity contribution in [2.24, 2.45) is 4.99 Å². The van der Waals surface area contributed by atoms with Crippen LogP contribution in [0.25, 0.3) is 10.9 Å². The third-order valence-electron chi connectivity index (χ3n) is 5.22. The number of aliphatic imine (C=N–C) groups is 1. The minimum absolute atomic E-state index is 0. The van der Waals surface area contributed by atoms with Crippen LogP contribution in [0.5, 0.6) is 0 Å². The number of rotatable bonds is 5. The lowest BCUT2D eigenvalue weighted by atomic mass is 9.95. The number of halogens is 1. The zero-order chi connectivity index (χ0) is 19.2. The Labute approximate surface area is 190 Å². The summed E-state index contributed by atoms with van der Waals surface area (Å²) in [5.41, 5.74) is 2.26. The molecule has 1 aliphatic rings. The zero-order valence-electron chi connectivity index (χ0n) is 17.2. The minimum Gasteiger partial charge on any atom is -0.363 e. The first-order chi connectivity index (χ1) is 13.1. The Hall–Kier alpha value is -1.22. The van der Waals surface area contributed by atoms with E-state index < -0.39 is 0 Å². The van der Waals surface area contributed by atoms with E-state index in [-0.39, 0.29) is 24.0 Å². The van der Waals surface area contributed by atoms with Crippen LogP contribution >= 0.6 is 35.7 Å². The summed E-state index contributed by atoms with van der Waals surface area (Å²) in [6, 6.07) is 11.0. The van der Waals surface area contributed by atoms with Crippen LogP contribution in [0.1, 0.15) is 31.2 Å². The van der Waals surface area contributed by atoms with E-state index in [0.29, 0.717) is 6.04 Å². The molecule has 2 aromatic rings. The van der Waals surface area contributed by atoms with Crippen LogP contribution < -0.4 is 15.5 Å². The van der Waals surface area contributed by atoms with E-state index in [4.69, 9.17) is 4.98 Å². The number of guanidine groups is 1. The molecule has 2 N–H and O–H groups in total. The predicted molar refractivity (Wildman–Crippen MR) is 134 cm³/mol. The number of hydrogen-bond acceptors (Lipinski definition) is 4. The molecule has 1 aromatic heterocycles. The van der Waals surface area contributed by atoms with Crippen molar-refractivity contribution >= 4 is 58.4 Å². The number of nitrogens with zero attached hydrogens (tertiary/aromatic N) is 3. The average molecular weight is 513 g/mol. The molecule has 1 fully saturated rings. The summed E-state index contributed by atoms with van der Waals surface area (Å²) in [5, 5.41) is 9.09. The highest BCUT2D eigenvalue weighted by Crippen LogP contribution is 2.27. The lowest BCUT2D eigenvalue weighted by Gasteiger charge is -2.30. The number of anilines is 1. The van der Waals surface area contributed by atoms with Gasteiger partial charge in [0.25, 0.3) is 0 Å². The van der Waals surface area contributed by atoms with Crippen LogP contribution in [0, 0.1) is 0 Å². The van der Waals surface area contributed by atoms with Crippen LogP contribution in [-0.4, -0.2) is 49.6 Å². The molecule has 0 aliphatic heterocycles. The first kappa shape index (κ1) is 23.1. The van der Waals surface area contributed by atoms with Crippen LogP contribution in [0.2, 0.25) is 0 Å². The van der Waals surface area contributed by atoms with Gasteiger partial charge in [-0.1, -0.05) is 24.6 Å². The second kappa shape index (κ2) is 11.1. The molecule has 1 heterocycles. The lowest BCUT2D eigenvalue weighted by Crippen LogP contribution is -2.45. The van der Waals surface area contributed by atoms with Crippen LogP contribution in [0.15, 0.2) is 35.3 Å². The minimum atomic E-state index is 0. The number of benzene rings is 1. The second-order valence-corrected chi connectivity index (χ2v) is 8.48. The van der Waals surface area contributed by atoms with Crippen LogP contribution in [0.4, 0.5) is 5.82 Å². The van der Waals surface area contributed by atoms with Crippen molar-refractivity contribution in [1.82, 2.24) is 15.6 Å². The third-order valence-corrected chi connectivity index (χ3v) is 6.31. The standard InChI is InChI=1S/C21H31N5S.HI/c1-22-21(24-16-8-7-9-17(13-16)27-4)23-14-15-12-20(26(2)3)25-19-11-6-5-10-18(15)19;/h5-6,10-12,16-17H,7-9,13-14H2,1-4H3,(H2,22,23,24);1H. The molecule has 7 heteroatoms. The van der Waals surface area contributed by atoms with Gasteiger partial charge in [-0.25, -0.2) is 4.98 Å². The summed E-state index contributed by atoms with van der Waals surface area (Å²) < 4.78 is 0. The SMILES string of the molecule is CN=C(NCc1cc(N(C)C)nc2ccccc12)NC1CCCC(SC)C1.I. The van der Waals surface area contributed by atoms with Crippen molar-refractivity contribution in [2.75, 3.05) is 32.3 Å². The molecule has 1 aliphatic carbocycles. The monoisotopic (exact) mass is 513 g/mol. The molecule has 154 valence electrons. The smallest absolute Gasteiger partial charge is 0.191 e. The quantitative estimate of drug-likeness (QED) is 0.356. The van der Waals surface area contributed by atoms with E-state index in [1.165, 1.54) is 36.6 Å². The fraction of sp³-hybridized carbons (Fsp3) is 0.524. The molecule has 0 bridgehead atoms. The van der Waals surface area contributed by atoms with Gasteiger partial charge in [0.2, 0.25) is 0 Å². The van der Waals surface area contributed by atoms with Gasteiger partial charge in [0, 0.05) is 44.4 Å². The van der Waals surface area contributed by atoms with Gasteiger partial charge >= 0.3 is 0 Å². The topological polar surface area (TPSA) is 52.6 Å². The van der Waals surface area contributed by atoms with Crippen molar-refractivity contribution in [2.45, 2.75) is 43.5 Å². The highest BCUT2D eigenvalue weighted by molar-refractivity contribution is 14.0. The number of thioether (sulfide) groups is 1. The van der Waals surface area contributed by atoms with Gasteiger partial charge in [0.05, 0.1) is 5.52 Å². The molecule has 0 saturated heterocycles. The largest absolute Gasteiger partial charge is 0.363 e. The van der Waals surface area contributed by atoms with Gasteiger partial charge < -0.3 is 15.5 Å². The van der Waals surface area contributed by atoms with Gasteiger partial charge in [0.1, 0.15) is 5.82 Å². The maximum atomic E-state index is 4.74. The first-order valence-corrected chi connectivity index (χ1v) is 11.0. The molecular formula is C21H32IN5S. The number of para-hydroxylation sites is 1. The number of nitrogens with one attached hydrogen (secondary N) is 2. The Bertz CT molecular complexity index is 795. The van der Waals surface area contributed by atoms with Gasteiger partial charge in [-0.15, -0.1) is 24.0 Å². The molecular weight excluding hydrogens is 481 g/mol. The molecule has 0 radical (unpaired) electrons. The summed E-state index contributed by atoms with van der Waals surface area (Å²) in [4.78, 5) is 11.2. The summed E-state index contributed by atoms with van der Waals surface area (Å²) in [5.74, 6) is 1.86. The molecule has 3 rings (SSSR count). The van der Waals surface area contributed by atoms with Gasteiger partial charge in [-0.05, 0) is 43.2 Å². The van der Waals surface area contributed by atoms with Crippen LogP contribution in [-0.2, 0) is 6.54 Å². The molecule has 5 nitrogen and oxygen atoms in total. The number of fused-ring (bicyclic) bond motifs is 1. The molecule has 2 atom stereocenters. The second-order valence-electron chi connectivity index (χ2n) is 7.34. The van der Waals surface area contributed by atoms with E-state index in [9.17, 15) is 0 Å². The Balaban J connectivity index is 0.00000280. The van der Waals surface area contributed by atoms with Gasteiger partial charge in [-0.2, -0.15) is 11.8 Å². The number of aromatic nitrogens is 1. The summed E-state index contributed by atoms with van der Waals surface area (Å²) in [6.45, 7) is 0.724. The molecule has 28 heavy (non-hydrogen) atoms. The van der Waals surface area contributed by atoms with E-state index in [0.717, 1.165) is 29.1 Å². The molecule has 1 saturated carbocycles. The molecule has 0 amide bonds. The van der Waals surface area contributed by atoms with Crippen molar-refractivity contribution in [3.05, 3.63) is 35.9 Å². The number of pyridine rings is 1. The van der Waals surface area contributed by atoms with E-state index in [2.05, 4.69) is 46.1 Å². The Morgan fingerprint density at radius 1 is 1.29 bits per heavy atom. The highest BCUT2D eigenvalue weighted by Gasteiger charge is 2.22. The zero-order valence-corrected chi connectivity index (χ0v) is 20.4. The fourth-order valence-electron chi connectivity index (χ4n) is 3.66. The Morgan fingerprint density at radius 3 is 2.79 bits per heavy atom. The fourth-order valence-corrected chi connectivity index (χ4v) is 4.49. The van der Waals surface area contributed by atoms with Crippen LogP contribution in [0.3, 0.4) is 0 Å². The number of hydrogen-bond donors (Lipinski definition) is 2. The van der Waals surface area contributed by atoms with E-state index in [1.807, 2.05) is 43.9 Å². The van der Waals surface area contributed by atoms with E-state index >= 15 is 0 Å². The van der Waals surface area contributed by atoms with Crippen molar-refractivity contribution < 1.29 is 0 Å². The molecule has 1 aromatic carbocycles. The Kier molecular flexibility index (Phi) is 9.14. The maximum Gasteiger partial charge on any atom is 0.191 e. The summed E-state index contributed by atoms with van der Waals surface area (Å²) >= 11 is 1.99. The average Bonchev–Trinajstić information content (AvgIpc) is 2.70. The van der Waals surface area contributed by atoms with Gasteiger partial charge in [-0.3, -0.25) is 4.99 Å². The Morgan fingerprint density at radius 2 is 2.07 bits per heavy atom.